The van der Waals surface area contributed by atoms with Crippen molar-refractivity contribution in [3.05, 3.63) is 22.5 Å². The normalized spacial score (nSPS) is 24.2. The molecule has 18 heavy (non-hydrogen) atoms. The Morgan fingerprint density at radius 1 is 1.67 bits per heavy atom. The van der Waals surface area contributed by atoms with Crippen LogP contribution < -0.4 is 0 Å². The first-order valence-corrected chi connectivity index (χ1v) is 6.83. The Labute approximate surface area is 114 Å². The van der Waals surface area contributed by atoms with Crippen molar-refractivity contribution in [3.63, 3.8) is 0 Å². The molecule has 0 saturated carbocycles. The first-order chi connectivity index (χ1) is 8.65. The SMILES string of the molecule is C=C1N=[N+](C2CCCCO2)C(Br)=C1C(=O)OCC. The summed E-state index contributed by atoms with van der Waals surface area (Å²) in [5.74, 6) is -0.406. The van der Waals surface area contributed by atoms with Gasteiger partial charge >= 0.3 is 5.97 Å². The lowest BCUT2D eigenvalue weighted by Crippen LogP contribution is -2.29. The van der Waals surface area contributed by atoms with Crippen LogP contribution in [0.3, 0.4) is 0 Å². The van der Waals surface area contributed by atoms with Gasteiger partial charge in [0.05, 0.1) is 13.2 Å². The van der Waals surface area contributed by atoms with Crippen LogP contribution in [0.2, 0.25) is 0 Å². The lowest BCUT2D eigenvalue weighted by Gasteiger charge is -2.16. The molecule has 5 nitrogen and oxygen atoms in total. The maximum atomic E-state index is 11.8. The molecule has 0 amide bonds. The maximum absolute atomic E-state index is 11.8. The van der Waals surface area contributed by atoms with Crippen LogP contribution in [-0.2, 0) is 14.3 Å². The number of ether oxygens (including phenoxy) is 2. The van der Waals surface area contributed by atoms with Gasteiger partial charge in [-0.15, -0.1) is 0 Å². The molecular formula is C12H16BrN2O3+. The van der Waals surface area contributed by atoms with Crippen LogP contribution in [0, 0.1) is 0 Å². The number of nitrogens with zero attached hydrogens (tertiary/aromatic N) is 2. The average Bonchev–Trinajstić information content (AvgIpc) is 2.66. The standard InChI is InChI=1S/C12H16BrN2O3/c1-3-17-12(16)10-8(2)14-15(11(10)13)9-6-4-5-7-18-9/h9H,2-7H2,1H3/q+1. The summed E-state index contributed by atoms with van der Waals surface area (Å²) in [6, 6.07) is 0. The monoisotopic (exact) mass is 315 g/mol. The Bertz CT molecular complexity index is 437. The minimum Gasteiger partial charge on any atom is -0.462 e. The zero-order chi connectivity index (χ0) is 13.1. The summed E-state index contributed by atoms with van der Waals surface area (Å²) in [7, 11) is 0. The minimum absolute atomic E-state index is 0.128. The van der Waals surface area contributed by atoms with Crippen molar-refractivity contribution in [2.24, 2.45) is 5.11 Å². The Balaban J connectivity index is 2.20. The van der Waals surface area contributed by atoms with Crippen LogP contribution >= 0.6 is 15.9 Å². The number of hydrogen-bond acceptors (Lipinski definition) is 4. The Kier molecular flexibility index (Phi) is 4.29. The largest absolute Gasteiger partial charge is 0.462 e. The van der Waals surface area contributed by atoms with Gasteiger partial charge in [-0.05, 0) is 24.5 Å². The first-order valence-electron chi connectivity index (χ1n) is 6.03. The molecule has 0 aromatic rings. The smallest absolute Gasteiger partial charge is 0.348 e. The van der Waals surface area contributed by atoms with Gasteiger partial charge in [-0.2, -0.15) is 0 Å². The highest BCUT2D eigenvalue weighted by Crippen LogP contribution is 2.32. The highest BCUT2D eigenvalue weighted by molar-refractivity contribution is 9.11. The van der Waals surface area contributed by atoms with E-state index in [0.717, 1.165) is 25.9 Å². The summed E-state index contributed by atoms with van der Waals surface area (Å²) < 4.78 is 12.9. The van der Waals surface area contributed by atoms with E-state index in [2.05, 4.69) is 27.6 Å². The molecule has 2 rings (SSSR count). The molecule has 0 aromatic heterocycles. The zero-order valence-electron chi connectivity index (χ0n) is 10.3. The van der Waals surface area contributed by atoms with E-state index in [4.69, 9.17) is 9.47 Å². The van der Waals surface area contributed by atoms with Gasteiger partial charge in [-0.1, -0.05) is 6.58 Å². The molecule has 0 aliphatic carbocycles. The lowest BCUT2D eigenvalue weighted by atomic mass is 10.2. The topological polar surface area (TPSA) is 50.9 Å². The van der Waals surface area contributed by atoms with Crippen LogP contribution in [0.1, 0.15) is 26.2 Å². The second-order valence-electron chi connectivity index (χ2n) is 4.10. The molecule has 1 saturated heterocycles. The minimum atomic E-state index is -0.406. The molecule has 2 heterocycles. The van der Waals surface area contributed by atoms with Crippen molar-refractivity contribution >= 4 is 21.9 Å². The van der Waals surface area contributed by atoms with Crippen molar-refractivity contribution in [2.45, 2.75) is 32.4 Å². The highest BCUT2D eigenvalue weighted by Gasteiger charge is 2.40. The third-order valence-electron chi connectivity index (χ3n) is 2.83. The summed E-state index contributed by atoms with van der Waals surface area (Å²) >= 11 is 3.39. The molecule has 0 aromatic carbocycles. The van der Waals surface area contributed by atoms with Crippen LogP contribution in [0.15, 0.2) is 27.6 Å². The predicted octanol–water partition coefficient (Wildman–Crippen LogP) is 2.67. The molecule has 0 N–H and O–H groups in total. The van der Waals surface area contributed by atoms with Gasteiger partial charge in [0.15, 0.2) is 5.57 Å². The third-order valence-corrected chi connectivity index (χ3v) is 3.59. The van der Waals surface area contributed by atoms with Crippen molar-refractivity contribution in [1.82, 2.24) is 0 Å². The third kappa shape index (κ3) is 2.54. The number of hydrogen-bond donors (Lipinski definition) is 0. The summed E-state index contributed by atoms with van der Waals surface area (Å²) in [5.41, 5.74) is 0.792. The van der Waals surface area contributed by atoms with E-state index in [-0.39, 0.29) is 6.23 Å². The quantitative estimate of drug-likeness (QED) is 0.457. The average molecular weight is 316 g/mol. The van der Waals surface area contributed by atoms with Crippen molar-refractivity contribution < 1.29 is 19.0 Å². The molecule has 1 unspecified atom stereocenters. The summed E-state index contributed by atoms with van der Waals surface area (Å²) in [6.07, 6.45) is 2.93. The van der Waals surface area contributed by atoms with E-state index in [1.165, 1.54) is 0 Å². The molecule has 2 aliphatic heterocycles. The lowest BCUT2D eigenvalue weighted by molar-refractivity contribution is -0.617. The van der Waals surface area contributed by atoms with E-state index in [0.29, 0.717) is 22.5 Å². The van der Waals surface area contributed by atoms with Crippen molar-refractivity contribution in [2.75, 3.05) is 13.2 Å². The summed E-state index contributed by atoms with van der Waals surface area (Å²) in [5, 5.41) is 4.27. The molecule has 2 aliphatic rings. The highest BCUT2D eigenvalue weighted by atomic mass is 79.9. The van der Waals surface area contributed by atoms with Gasteiger partial charge in [0.2, 0.25) is 0 Å². The number of carbonyl (C=O) groups excluding carboxylic acids is 1. The van der Waals surface area contributed by atoms with Gasteiger partial charge in [0, 0.05) is 27.5 Å². The zero-order valence-corrected chi connectivity index (χ0v) is 11.9. The Morgan fingerprint density at radius 2 is 2.44 bits per heavy atom. The van der Waals surface area contributed by atoms with Gasteiger partial charge < -0.3 is 9.47 Å². The van der Waals surface area contributed by atoms with Gasteiger partial charge in [0.25, 0.3) is 10.8 Å². The van der Waals surface area contributed by atoms with Crippen molar-refractivity contribution in [3.8, 4) is 0 Å². The van der Waals surface area contributed by atoms with E-state index >= 15 is 0 Å². The van der Waals surface area contributed by atoms with E-state index in [1.807, 2.05) is 0 Å². The molecular weight excluding hydrogens is 300 g/mol. The van der Waals surface area contributed by atoms with Crippen LogP contribution in [0.5, 0.6) is 0 Å². The summed E-state index contributed by atoms with van der Waals surface area (Å²) in [4.78, 5) is 11.8. The molecule has 98 valence electrons. The molecule has 0 bridgehead atoms. The second-order valence-corrected chi connectivity index (χ2v) is 4.85. The molecule has 1 fully saturated rings. The van der Waals surface area contributed by atoms with E-state index in [9.17, 15) is 4.79 Å². The number of carbonyl (C=O) groups is 1. The number of halogens is 1. The van der Waals surface area contributed by atoms with Crippen LogP contribution in [0.25, 0.3) is 0 Å². The first kappa shape index (κ1) is 13.4. The van der Waals surface area contributed by atoms with E-state index in [1.54, 1.807) is 11.6 Å². The Morgan fingerprint density at radius 3 is 3.06 bits per heavy atom. The maximum Gasteiger partial charge on any atom is 0.348 e. The molecule has 1 atom stereocenters. The van der Waals surface area contributed by atoms with Gasteiger partial charge in [-0.25, -0.2) is 4.79 Å². The second kappa shape index (κ2) is 5.75. The van der Waals surface area contributed by atoms with Crippen molar-refractivity contribution in [1.29, 1.82) is 0 Å². The molecule has 0 radical (unpaired) electrons. The fourth-order valence-electron chi connectivity index (χ4n) is 1.97. The number of azo groups is 2. The predicted molar refractivity (Wildman–Crippen MR) is 68.0 cm³/mol. The summed E-state index contributed by atoms with van der Waals surface area (Å²) in [6.45, 7) is 6.60. The molecule has 0 spiro atoms. The van der Waals surface area contributed by atoms with E-state index < -0.39 is 5.97 Å². The van der Waals surface area contributed by atoms with Gasteiger partial charge in [0.1, 0.15) is 5.70 Å². The number of rotatable bonds is 3. The fourth-order valence-corrected chi connectivity index (χ4v) is 2.67. The fraction of sp³-hybridized carbons (Fsp3) is 0.583. The van der Waals surface area contributed by atoms with Crippen LogP contribution in [-0.4, -0.2) is 30.1 Å². The number of esters is 1. The Hall–Kier alpha value is -1.01. The molecule has 6 heteroatoms. The van der Waals surface area contributed by atoms with Gasteiger partial charge in [-0.3, -0.25) is 0 Å². The van der Waals surface area contributed by atoms with Crippen LogP contribution in [0.4, 0.5) is 0 Å².